The molecule has 1 radical (unpaired) electrons. The molecule has 0 saturated carbocycles. The molecule has 0 aromatic heterocycles. The molecule has 0 unspecified atom stereocenters. The number of nitrogens with one attached hydrogen (secondary N) is 1. The summed E-state index contributed by atoms with van der Waals surface area (Å²) in [5.74, 6) is 0. The van der Waals surface area contributed by atoms with Crippen LogP contribution in [0.25, 0.3) is 0 Å². The number of nitrogens with two attached hydrogens (primary N) is 1. The summed E-state index contributed by atoms with van der Waals surface area (Å²) in [6, 6.07) is -0.625. The van der Waals surface area contributed by atoms with Gasteiger partial charge in [-0.1, -0.05) is 0 Å². The molecule has 7 heavy (non-hydrogen) atoms. The number of primary amides is 1. The van der Waals surface area contributed by atoms with E-state index in [1.807, 2.05) is 0 Å². The zero-order valence-corrected chi connectivity index (χ0v) is 4.06. The highest BCUT2D eigenvalue weighted by molar-refractivity contribution is 5.73. The van der Waals surface area contributed by atoms with Gasteiger partial charge in [-0.15, -0.1) is 0 Å². The number of carbonyl (C=O) groups excluding carboxylic acids is 1. The summed E-state index contributed by atoms with van der Waals surface area (Å²) in [4.78, 5) is 9.82. The first-order valence-electron chi connectivity index (χ1n) is 1.78. The minimum absolute atomic E-state index is 0.313. The maximum Gasteiger partial charge on any atom is 0.316 e. The lowest BCUT2D eigenvalue weighted by molar-refractivity contribution is 0.251. The van der Waals surface area contributed by atoms with Gasteiger partial charge >= 0.3 is 6.03 Å². The summed E-state index contributed by atoms with van der Waals surface area (Å²) >= 11 is 0. The highest BCUT2D eigenvalue weighted by Gasteiger charge is 1.85. The van der Waals surface area contributed by atoms with Gasteiger partial charge in [0, 0.05) is 5.70 Å². The molecule has 0 aromatic rings. The largest absolute Gasteiger partial charge is 0.351 e. The van der Waals surface area contributed by atoms with Gasteiger partial charge in [0.1, 0.15) is 0 Å². The number of urea groups is 1. The van der Waals surface area contributed by atoms with Gasteiger partial charge in [0.25, 0.3) is 0 Å². The molecule has 0 atom stereocenters. The Labute approximate surface area is 42.2 Å². The summed E-state index contributed by atoms with van der Waals surface area (Å²) in [5, 5.41) is 2.14. The van der Waals surface area contributed by atoms with E-state index in [2.05, 4.69) is 11.1 Å². The molecule has 0 aliphatic carbocycles. The van der Waals surface area contributed by atoms with Crippen molar-refractivity contribution in [2.75, 3.05) is 0 Å². The summed E-state index contributed by atoms with van der Waals surface area (Å²) < 4.78 is 0. The van der Waals surface area contributed by atoms with Crippen molar-refractivity contribution in [1.82, 2.24) is 5.32 Å². The van der Waals surface area contributed by atoms with Gasteiger partial charge in [-0.3, -0.25) is 0 Å². The minimum Gasteiger partial charge on any atom is -0.351 e. The number of amides is 2. The second-order valence-corrected chi connectivity index (χ2v) is 1.17. The van der Waals surface area contributed by atoms with Gasteiger partial charge in [-0.05, 0) is 13.5 Å². The van der Waals surface area contributed by atoms with Crippen LogP contribution in [0.15, 0.2) is 5.70 Å². The topological polar surface area (TPSA) is 55.1 Å². The van der Waals surface area contributed by atoms with Gasteiger partial charge in [-0.2, -0.15) is 0 Å². The molecule has 0 saturated heterocycles. The molecule has 0 spiro atoms. The van der Waals surface area contributed by atoms with Gasteiger partial charge < -0.3 is 11.1 Å². The van der Waals surface area contributed by atoms with Crippen LogP contribution in [0.2, 0.25) is 0 Å². The number of rotatable bonds is 1. The molecule has 0 fully saturated rings. The van der Waals surface area contributed by atoms with Crippen LogP contribution < -0.4 is 11.1 Å². The van der Waals surface area contributed by atoms with E-state index in [9.17, 15) is 4.79 Å². The molecule has 0 aliphatic rings. The number of hydrogen-bond donors (Lipinski definition) is 2. The van der Waals surface area contributed by atoms with Crippen LogP contribution in [0.3, 0.4) is 0 Å². The van der Waals surface area contributed by atoms with E-state index in [4.69, 9.17) is 6.58 Å². The van der Waals surface area contributed by atoms with Crippen molar-refractivity contribution < 1.29 is 4.79 Å². The van der Waals surface area contributed by atoms with Gasteiger partial charge in [0.15, 0.2) is 0 Å². The summed E-state index contributed by atoms with van der Waals surface area (Å²) in [6.45, 7) is 6.54. The smallest absolute Gasteiger partial charge is 0.316 e. The molecule has 3 heteroatoms. The second-order valence-electron chi connectivity index (χ2n) is 1.17. The fourth-order valence-electron chi connectivity index (χ4n) is 0.194. The van der Waals surface area contributed by atoms with Crippen LogP contribution in [0.5, 0.6) is 0 Å². The SMILES string of the molecule is [CH]=C(C)NC(N)=O. The van der Waals surface area contributed by atoms with Crippen molar-refractivity contribution in [3.63, 3.8) is 0 Å². The predicted octanol–water partition coefficient (Wildman–Crippen LogP) is -0.00851. The Morgan fingerprint density at radius 1 is 1.86 bits per heavy atom. The Kier molecular flexibility index (Phi) is 1.91. The van der Waals surface area contributed by atoms with E-state index >= 15 is 0 Å². The van der Waals surface area contributed by atoms with Crippen molar-refractivity contribution >= 4 is 6.03 Å². The van der Waals surface area contributed by atoms with E-state index in [1.165, 1.54) is 0 Å². The van der Waals surface area contributed by atoms with E-state index < -0.39 is 6.03 Å². The normalized spacial score (nSPS) is 7.57. The van der Waals surface area contributed by atoms with Crippen molar-refractivity contribution in [1.29, 1.82) is 0 Å². The molecule has 3 nitrogen and oxygen atoms in total. The summed E-state index contributed by atoms with van der Waals surface area (Å²) in [6.07, 6.45) is 0. The van der Waals surface area contributed by atoms with E-state index in [-0.39, 0.29) is 0 Å². The zero-order chi connectivity index (χ0) is 5.86. The van der Waals surface area contributed by atoms with Crippen LogP contribution in [-0.2, 0) is 0 Å². The highest BCUT2D eigenvalue weighted by Crippen LogP contribution is 1.72. The minimum atomic E-state index is -0.625. The Morgan fingerprint density at radius 3 is 2.29 bits per heavy atom. The predicted molar refractivity (Wildman–Crippen MR) is 26.2 cm³/mol. The van der Waals surface area contributed by atoms with Gasteiger partial charge in [0.05, 0.1) is 0 Å². The Hall–Kier alpha value is -0.990. The fourth-order valence-corrected chi connectivity index (χ4v) is 0.194. The Morgan fingerprint density at radius 2 is 2.29 bits per heavy atom. The molecule has 0 aliphatic heterocycles. The third-order valence-electron chi connectivity index (χ3n) is 0.320. The third kappa shape index (κ3) is 5.01. The van der Waals surface area contributed by atoms with Crippen molar-refractivity contribution in [3.8, 4) is 0 Å². The molecule has 2 amide bonds. The molecule has 3 N–H and O–H groups in total. The highest BCUT2D eigenvalue weighted by atomic mass is 16.2. The van der Waals surface area contributed by atoms with E-state index in [0.717, 1.165) is 0 Å². The van der Waals surface area contributed by atoms with Gasteiger partial charge in [-0.25, -0.2) is 4.79 Å². The van der Waals surface area contributed by atoms with Crippen LogP contribution in [0.4, 0.5) is 4.79 Å². The van der Waals surface area contributed by atoms with Crippen molar-refractivity contribution in [2.45, 2.75) is 6.92 Å². The molecule has 0 aromatic carbocycles. The monoisotopic (exact) mass is 99.1 g/mol. The lowest BCUT2D eigenvalue weighted by Crippen LogP contribution is -2.26. The van der Waals surface area contributed by atoms with Crippen LogP contribution in [-0.4, -0.2) is 6.03 Å². The first-order chi connectivity index (χ1) is 3.13. The summed E-state index contributed by atoms with van der Waals surface area (Å²) in [7, 11) is 0. The van der Waals surface area contributed by atoms with E-state index in [0.29, 0.717) is 5.70 Å². The number of hydrogen-bond acceptors (Lipinski definition) is 1. The van der Waals surface area contributed by atoms with Crippen molar-refractivity contribution in [3.05, 3.63) is 12.3 Å². The number of carbonyl (C=O) groups is 1. The lowest BCUT2D eigenvalue weighted by Gasteiger charge is -1.93. The molecule has 0 bridgehead atoms. The lowest BCUT2D eigenvalue weighted by atomic mass is 10.6. The van der Waals surface area contributed by atoms with Gasteiger partial charge in [0.2, 0.25) is 0 Å². The maximum absolute atomic E-state index is 9.82. The zero-order valence-electron chi connectivity index (χ0n) is 4.06. The van der Waals surface area contributed by atoms with Crippen molar-refractivity contribution in [2.24, 2.45) is 5.73 Å². The third-order valence-corrected chi connectivity index (χ3v) is 0.320. The fraction of sp³-hybridized carbons (Fsp3) is 0.250. The first kappa shape index (κ1) is 6.01. The molecule has 39 valence electrons. The molecular weight excluding hydrogens is 92.1 g/mol. The van der Waals surface area contributed by atoms with Crippen LogP contribution in [0.1, 0.15) is 6.92 Å². The maximum atomic E-state index is 9.82. The van der Waals surface area contributed by atoms with Crippen LogP contribution >= 0.6 is 0 Å². The molecule has 0 heterocycles. The first-order valence-corrected chi connectivity index (χ1v) is 1.78. The van der Waals surface area contributed by atoms with E-state index in [1.54, 1.807) is 6.92 Å². The molecule has 0 rings (SSSR count). The standard InChI is InChI=1S/C4H7N2O/c1-3(2)6-4(5)7/h1H,2H3,(H3,5,6,7). The average molecular weight is 99.1 g/mol. The summed E-state index contributed by atoms with van der Waals surface area (Å²) in [5.41, 5.74) is 4.96. The van der Waals surface area contributed by atoms with Crippen LogP contribution in [0, 0.1) is 6.58 Å². The quantitative estimate of drug-likeness (QED) is 0.477. The molecular formula is C4H7N2O. The number of allylic oxidation sites excluding steroid dienone is 1. The average Bonchev–Trinajstić information content (AvgIpc) is 1.27. The second kappa shape index (κ2) is 2.23. The Balaban J connectivity index is 3.32. The Bertz CT molecular complexity index is 85.9.